The monoisotopic (exact) mass is 194 g/mol. The van der Waals surface area contributed by atoms with Crippen molar-refractivity contribution in [2.24, 2.45) is 0 Å². The van der Waals surface area contributed by atoms with Crippen LogP contribution in [0.25, 0.3) is 0 Å². The molecule has 1 aromatic rings. The number of benzene rings is 1. The fourth-order valence-corrected chi connectivity index (χ4v) is 1.05. The Morgan fingerprint density at radius 3 is 2.54 bits per heavy atom. The first kappa shape index (κ1) is 10.1. The summed E-state index contributed by atoms with van der Waals surface area (Å²) in [5.74, 6) is 5.56. The lowest BCUT2D eigenvalue weighted by atomic mass is 10.1. The minimum atomic E-state index is -0.697. The van der Waals surface area contributed by atoms with E-state index in [9.17, 15) is 5.11 Å². The van der Waals surface area contributed by atoms with E-state index in [1.807, 2.05) is 6.92 Å². The van der Waals surface area contributed by atoms with E-state index < -0.39 is 6.10 Å². The topological polar surface area (TPSA) is 20.2 Å². The van der Waals surface area contributed by atoms with E-state index in [1.165, 1.54) is 0 Å². The fourth-order valence-electron chi connectivity index (χ4n) is 0.927. The van der Waals surface area contributed by atoms with E-state index in [4.69, 9.17) is 11.6 Å². The molecule has 1 unspecified atom stereocenters. The summed E-state index contributed by atoms with van der Waals surface area (Å²) in [6.45, 7) is 1.95. The Morgan fingerprint density at radius 1 is 1.38 bits per heavy atom. The second-order valence-corrected chi connectivity index (χ2v) is 3.07. The zero-order valence-electron chi connectivity index (χ0n) is 7.42. The van der Waals surface area contributed by atoms with E-state index in [0.717, 1.165) is 12.0 Å². The Labute approximate surface area is 83.4 Å². The molecule has 0 aliphatic heterocycles. The molecule has 1 nitrogen and oxygen atoms in total. The molecule has 1 rings (SSSR count). The molecule has 0 aromatic heterocycles. The quantitative estimate of drug-likeness (QED) is 0.682. The molecular weight excluding hydrogens is 184 g/mol. The minimum absolute atomic E-state index is 0.666. The van der Waals surface area contributed by atoms with E-state index in [0.29, 0.717) is 5.02 Å². The van der Waals surface area contributed by atoms with Crippen molar-refractivity contribution in [2.75, 3.05) is 0 Å². The second kappa shape index (κ2) is 4.91. The van der Waals surface area contributed by atoms with Crippen molar-refractivity contribution in [1.29, 1.82) is 0 Å². The number of hydrogen-bond acceptors (Lipinski definition) is 1. The first-order valence-electron chi connectivity index (χ1n) is 4.16. The van der Waals surface area contributed by atoms with Gasteiger partial charge < -0.3 is 5.11 Å². The lowest BCUT2D eigenvalue weighted by Crippen LogP contribution is -1.92. The van der Waals surface area contributed by atoms with Crippen LogP contribution in [0.5, 0.6) is 0 Å². The average Bonchev–Trinajstić information content (AvgIpc) is 2.15. The molecular formula is C11H11ClO. The summed E-state index contributed by atoms with van der Waals surface area (Å²) in [5.41, 5.74) is 0.783. The molecule has 0 spiro atoms. The summed E-state index contributed by atoms with van der Waals surface area (Å²) in [4.78, 5) is 0. The highest BCUT2D eigenvalue weighted by Gasteiger charge is 2.01. The Bertz CT molecular complexity index is 318. The standard InChI is InChI=1S/C11H11ClO/c1-2-3-4-11(13)9-5-7-10(12)8-6-9/h5-8,11,13H,2H2,1H3. The lowest BCUT2D eigenvalue weighted by molar-refractivity contribution is 0.238. The van der Waals surface area contributed by atoms with Gasteiger partial charge in [0.15, 0.2) is 0 Å². The highest BCUT2D eigenvalue weighted by atomic mass is 35.5. The molecule has 1 aromatic carbocycles. The fraction of sp³-hybridized carbons (Fsp3) is 0.273. The number of aliphatic hydroxyl groups is 1. The Hall–Kier alpha value is -0.970. The van der Waals surface area contributed by atoms with Crippen molar-refractivity contribution in [1.82, 2.24) is 0 Å². The molecule has 2 heteroatoms. The van der Waals surface area contributed by atoms with Crippen molar-refractivity contribution in [2.45, 2.75) is 19.4 Å². The number of halogens is 1. The van der Waals surface area contributed by atoms with Gasteiger partial charge in [-0.2, -0.15) is 0 Å². The summed E-state index contributed by atoms with van der Waals surface area (Å²) >= 11 is 5.70. The van der Waals surface area contributed by atoms with Gasteiger partial charge in [-0.3, -0.25) is 0 Å². The molecule has 13 heavy (non-hydrogen) atoms. The summed E-state index contributed by atoms with van der Waals surface area (Å²) < 4.78 is 0. The van der Waals surface area contributed by atoms with Crippen LogP contribution in [0.2, 0.25) is 5.02 Å². The van der Waals surface area contributed by atoms with Gasteiger partial charge in [0, 0.05) is 11.4 Å². The third kappa shape index (κ3) is 3.10. The third-order valence-corrected chi connectivity index (χ3v) is 1.85. The van der Waals surface area contributed by atoms with Gasteiger partial charge in [0.2, 0.25) is 0 Å². The molecule has 0 amide bonds. The van der Waals surface area contributed by atoms with Crippen LogP contribution in [0.1, 0.15) is 25.0 Å². The second-order valence-electron chi connectivity index (χ2n) is 2.63. The normalized spacial score (nSPS) is 11.6. The van der Waals surface area contributed by atoms with Crippen molar-refractivity contribution >= 4 is 11.6 Å². The van der Waals surface area contributed by atoms with Crippen molar-refractivity contribution in [3.63, 3.8) is 0 Å². The van der Waals surface area contributed by atoms with Crippen LogP contribution in [0.4, 0.5) is 0 Å². The number of hydrogen-bond donors (Lipinski definition) is 1. The Kier molecular flexibility index (Phi) is 3.82. The summed E-state index contributed by atoms with van der Waals surface area (Å²) in [5, 5.41) is 10.2. The molecule has 0 fully saturated rings. The first-order chi connectivity index (χ1) is 6.24. The summed E-state index contributed by atoms with van der Waals surface area (Å²) in [7, 11) is 0. The van der Waals surface area contributed by atoms with Crippen LogP contribution in [-0.2, 0) is 0 Å². The first-order valence-corrected chi connectivity index (χ1v) is 4.53. The van der Waals surface area contributed by atoms with Crippen molar-refractivity contribution < 1.29 is 5.11 Å². The molecule has 1 N–H and O–H groups in total. The van der Waals surface area contributed by atoms with Gasteiger partial charge in [0.1, 0.15) is 6.10 Å². The lowest BCUT2D eigenvalue weighted by Gasteiger charge is -2.02. The van der Waals surface area contributed by atoms with Crippen LogP contribution in [0.3, 0.4) is 0 Å². The minimum Gasteiger partial charge on any atom is -0.376 e. The highest BCUT2D eigenvalue weighted by molar-refractivity contribution is 6.30. The number of aliphatic hydroxyl groups excluding tert-OH is 1. The van der Waals surface area contributed by atoms with E-state index in [2.05, 4.69) is 11.8 Å². The van der Waals surface area contributed by atoms with Crippen LogP contribution < -0.4 is 0 Å². The van der Waals surface area contributed by atoms with Gasteiger partial charge in [-0.1, -0.05) is 36.6 Å². The van der Waals surface area contributed by atoms with Crippen LogP contribution >= 0.6 is 11.6 Å². The maximum atomic E-state index is 9.53. The SMILES string of the molecule is CCC#CC(O)c1ccc(Cl)cc1. The molecule has 0 aliphatic carbocycles. The molecule has 68 valence electrons. The van der Waals surface area contributed by atoms with Gasteiger partial charge in [-0.15, -0.1) is 5.92 Å². The van der Waals surface area contributed by atoms with Crippen molar-refractivity contribution in [3.05, 3.63) is 34.9 Å². The Balaban J connectivity index is 2.77. The van der Waals surface area contributed by atoms with E-state index >= 15 is 0 Å². The molecule has 0 radical (unpaired) electrons. The zero-order valence-corrected chi connectivity index (χ0v) is 8.17. The molecule has 1 atom stereocenters. The van der Waals surface area contributed by atoms with Gasteiger partial charge in [0.25, 0.3) is 0 Å². The van der Waals surface area contributed by atoms with Crippen LogP contribution in [0, 0.1) is 11.8 Å². The largest absolute Gasteiger partial charge is 0.376 e. The molecule has 0 saturated carbocycles. The molecule has 0 saturated heterocycles. The highest BCUT2D eigenvalue weighted by Crippen LogP contribution is 2.15. The van der Waals surface area contributed by atoms with E-state index in [-0.39, 0.29) is 0 Å². The Morgan fingerprint density at radius 2 is 2.00 bits per heavy atom. The van der Waals surface area contributed by atoms with Crippen LogP contribution in [0.15, 0.2) is 24.3 Å². The molecule has 0 bridgehead atoms. The maximum Gasteiger partial charge on any atom is 0.140 e. The zero-order chi connectivity index (χ0) is 9.68. The number of rotatable bonds is 1. The van der Waals surface area contributed by atoms with Gasteiger partial charge >= 0.3 is 0 Å². The van der Waals surface area contributed by atoms with Gasteiger partial charge in [-0.25, -0.2) is 0 Å². The predicted molar refractivity (Wildman–Crippen MR) is 54.5 cm³/mol. The summed E-state index contributed by atoms with van der Waals surface area (Å²) in [6, 6.07) is 7.04. The predicted octanol–water partition coefficient (Wildman–Crippen LogP) is 2.79. The van der Waals surface area contributed by atoms with Gasteiger partial charge in [-0.05, 0) is 17.7 Å². The maximum absolute atomic E-state index is 9.53. The van der Waals surface area contributed by atoms with Crippen molar-refractivity contribution in [3.8, 4) is 11.8 Å². The summed E-state index contributed by atoms with van der Waals surface area (Å²) in [6.07, 6.45) is 0.0576. The smallest absolute Gasteiger partial charge is 0.140 e. The molecule has 0 aliphatic rings. The average molecular weight is 195 g/mol. The van der Waals surface area contributed by atoms with E-state index in [1.54, 1.807) is 24.3 Å². The van der Waals surface area contributed by atoms with Crippen LogP contribution in [-0.4, -0.2) is 5.11 Å². The van der Waals surface area contributed by atoms with Gasteiger partial charge in [0.05, 0.1) is 0 Å². The third-order valence-electron chi connectivity index (χ3n) is 1.60. The molecule has 0 heterocycles.